The van der Waals surface area contributed by atoms with Gasteiger partial charge in [0.05, 0.1) is 0 Å². The Labute approximate surface area is 180 Å². The van der Waals surface area contributed by atoms with Gasteiger partial charge in [-0.1, -0.05) is 13.8 Å². The highest BCUT2D eigenvalue weighted by Gasteiger charge is 2.45. The summed E-state index contributed by atoms with van der Waals surface area (Å²) in [6, 6.07) is 0.680. The first-order valence-electron chi connectivity index (χ1n) is 12.1. The standard InChI is InChI=1S/C23H38N4O3/c1-3-17(4-2)22(29)24-19-8-10-25(11-9-19)23(30)26-13-16-12-18(15-26)20-6-5-7-21(28)27(20)14-16/h16-20H,3-15H2,1-2H3,(H,24,29)/t16-,18-,20-/m1/s1. The summed E-state index contributed by atoms with van der Waals surface area (Å²) in [5.74, 6) is 1.44. The lowest BCUT2D eigenvalue weighted by molar-refractivity contribution is -0.144. The zero-order valence-corrected chi connectivity index (χ0v) is 18.6. The maximum absolute atomic E-state index is 13.2. The number of nitrogens with one attached hydrogen (secondary N) is 1. The van der Waals surface area contributed by atoms with Crippen LogP contribution in [0.1, 0.15) is 65.2 Å². The van der Waals surface area contributed by atoms with Gasteiger partial charge in [-0.15, -0.1) is 0 Å². The lowest BCUT2D eigenvalue weighted by atomic mass is 9.76. The second kappa shape index (κ2) is 9.15. The number of piperidine rings is 4. The van der Waals surface area contributed by atoms with Crippen LogP contribution in [-0.4, -0.2) is 77.4 Å². The molecule has 7 nitrogen and oxygen atoms in total. The van der Waals surface area contributed by atoms with Crippen molar-refractivity contribution >= 4 is 17.8 Å². The van der Waals surface area contributed by atoms with Gasteiger partial charge in [0.2, 0.25) is 11.8 Å². The van der Waals surface area contributed by atoms with Crippen LogP contribution in [0.3, 0.4) is 0 Å². The molecule has 4 rings (SSSR count). The molecular formula is C23H38N4O3. The molecule has 0 aromatic heterocycles. The Balaban J connectivity index is 1.29. The van der Waals surface area contributed by atoms with Crippen LogP contribution in [0.4, 0.5) is 4.79 Å². The van der Waals surface area contributed by atoms with E-state index in [-0.39, 0.29) is 23.9 Å². The number of amides is 4. The minimum absolute atomic E-state index is 0.101. The Morgan fingerprint density at radius 3 is 2.47 bits per heavy atom. The van der Waals surface area contributed by atoms with Crippen LogP contribution in [0.5, 0.6) is 0 Å². The monoisotopic (exact) mass is 418 g/mol. The molecule has 168 valence electrons. The normalized spacial score (nSPS) is 29.8. The smallest absolute Gasteiger partial charge is 0.320 e. The Bertz CT molecular complexity index is 657. The van der Waals surface area contributed by atoms with Crippen molar-refractivity contribution in [1.29, 1.82) is 0 Å². The number of carbonyl (C=O) groups is 3. The molecule has 4 amide bonds. The van der Waals surface area contributed by atoms with Gasteiger partial charge in [0.1, 0.15) is 0 Å². The molecule has 4 saturated heterocycles. The largest absolute Gasteiger partial charge is 0.353 e. The lowest BCUT2D eigenvalue weighted by Gasteiger charge is -2.53. The van der Waals surface area contributed by atoms with Gasteiger partial charge < -0.3 is 20.0 Å². The fourth-order valence-corrected chi connectivity index (χ4v) is 6.16. The van der Waals surface area contributed by atoms with Crippen molar-refractivity contribution in [3.63, 3.8) is 0 Å². The molecule has 0 aromatic carbocycles. The van der Waals surface area contributed by atoms with Gasteiger partial charge in [-0.05, 0) is 56.8 Å². The molecule has 0 saturated carbocycles. The molecule has 4 heterocycles. The van der Waals surface area contributed by atoms with Gasteiger partial charge in [0.15, 0.2) is 0 Å². The first-order valence-corrected chi connectivity index (χ1v) is 12.1. The third-order valence-corrected chi connectivity index (χ3v) is 7.92. The van der Waals surface area contributed by atoms with Crippen LogP contribution in [0, 0.1) is 17.8 Å². The molecule has 0 aromatic rings. The van der Waals surface area contributed by atoms with Crippen molar-refractivity contribution in [2.75, 3.05) is 32.7 Å². The van der Waals surface area contributed by atoms with E-state index < -0.39 is 0 Å². The van der Waals surface area contributed by atoms with Gasteiger partial charge >= 0.3 is 6.03 Å². The summed E-state index contributed by atoms with van der Waals surface area (Å²) in [6.45, 7) is 7.94. The van der Waals surface area contributed by atoms with Crippen molar-refractivity contribution in [3.8, 4) is 0 Å². The zero-order chi connectivity index (χ0) is 21.3. The first kappa shape index (κ1) is 21.4. The number of hydrogen-bond donors (Lipinski definition) is 1. The third-order valence-electron chi connectivity index (χ3n) is 7.92. The quantitative estimate of drug-likeness (QED) is 0.762. The fraction of sp³-hybridized carbons (Fsp3) is 0.870. The minimum Gasteiger partial charge on any atom is -0.353 e. The summed E-state index contributed by atoms with van der Waals surface area (Å²) in [4.78, 5) is 44.1. The summed E-state index contributed by atoms with van der Waals surface area (Å²) in [7, 11) is 0. The van der Waals surface area contributed by atoms with Gasteiger partial charge in [-0.2, -0.15) is 0 Å². The van der Waals surface area contributed by atoms with E-state index in [1.807, 2.05) is 4.90 Å². The van der Waals surface area contributed by atoms with Crippen LogP contribution in [0.15, 0.2) is 0 Å². The number of urea groups is 1. The van der Waals surface area contributed by atoms with Gasteiger partial charge in [0, 0.05) is 57.1 Å². The highest BCUT2D eigenvalue weighted by molar-refractivity contribution is 5.79. The van der Waals surface area contributed by atoms with E-state index >= 15 is 0 Å². The molecule has 2 bridgehead atoms. The van der Waals surface area contributed by atoms with Crippen molar-refractivity contribution in [2.24, 2.45) is 17.8 Å². The van der Waals surface area contributed by atoms with Gasteiger partial charge in [-0.25, -0.2) is 4.79 Å². The van der Waals surface area contributed by atoms with E-state index in [1.165, 1.54) is 0 Å². The van der Waals surface area contributed by atoms with Crippen molar-refractivity contribution in [3.05, 3.63) is 0 Å². The Morgan fingerprint density at radius 1 is 1.03 bits per heavy atom. The van der Waals surface area contributed by atoms with Crippen molar-refractivity contribution < 1.29 is 14.4 Å². The van der Waals surface area contributed by atoms with Crippen molar-refractivity contribution in [1.82, 2.24) is 20.0 Å². The van der Waals surface area contributed by atoms with Crippen molar-refractivity contribution in [2.45, 2.75) is 77.3 Å². The predicted octanol–water partition coefficient (Wildman–Crippen LogP) is 2.46. The maximum Gasteiger partial charge on any atom is 0.320 e. The SMILES string of the molecule is CCC(CC)C(=O)NC1CCN(C(=O)N2C[C@H]3C[C@H](C2)[C@H]2CCCC(=O)N2C3)CC1. The molecule has 4 fully saturated rings. The number of nitrogens with zero attached hydrogens (tertiary/aromatic N) is 3. The highest BCUT2D eigenvalue weighted by atomic mass is 16.2. The average Bonchev–Trinajstić information content (AvgIpc) is 2.75. The van der Waals surface area contributed by atoms with E-state index in [0.717, 1.165) is 64.6 Å². The zero-order valence-electron chi connectivity index (χ0n) is 18.6. The summed E-state index contributed by atoms with van der Waals surface area (Å²) in [5.41, 5.74) is 0. The molecule has 0 radical (unpaired) electrons. The third kappa shape index (κ3) is 4.30. The number of carbonyl (C=O) groups excluding carboxylic acids is 3. The fourth-order valence-electron chi connectivity index (χ4n) is 6.16. The van der Waals surface area contributed by atoms with E-state index in [1.54, 1.807) is 0 Å². The van der Waals surface area contributed by atoms with Gasteiger partial charge in [-0.3, -0.25) is 9.59 Å². The molecule has 1 N–H and O–H groups in total. The summed E-state index contributed by atoms with van der Waals surface area (Å²) in [5, 5.41) is 3.20. The molecule has 4 aliphatic rings. The number of fused-ring (bicyclic) bond motifs is 4. The second-order valence-corrected chi connectivity index (χ2v) is 9.84. The average molecular weight is 419 g/mol. The first-order chi connectivity index (χ1) is 14.5. The van der Waals surface area contributed by atoms with Crippen LogP contribution in [-0.2, 0) is 9.59 Å². The number of rotatable bonds is 4. The molecule has 0 unspecified atom stereocenters. The highest BCUT2D eigenvalue weighted by Crippen LogP contribution is 2.38. The molecular weight excluding hydrogens is 380 g/mol. The van der Waals surface area contributed by atoms with E-state index in [9.17, 15) is 14.4 Å². The second-order valence-electron chi connectivity index (χ2n) is 9.84. The molecule has 0 spiro atoms. The van der Waals surface area contributed by atoms with Crippen LogP contribution >= 0.6 is 0 Å². The molecule has 7 heteroatoms. The molecule has 3 atom stereocenters. The molecule has 4 aliphatic heterocycles. The molecule has 30 heavy (non-hydrogen) atoms. The Hall–Kier alpha value is -1.79. The molecule has 0 aliphatic carbocycles. The van der Waals surface area contributed by atoms with Crippen LogP contribution in [0.2, 0.25) is 0 Å². The van der Waals surface area contributed by atoms with Crippen LogP contribution in [0.25, 0.3) is 0 Å². The maximum atomic E-state index is 13.2. The summed E-state index contributed by atoms with van der Waals surface area (Å²) >= 11 is 0. The number of likely N-dealkylation sites (tertiary alicyclic amines) is 2. The number of hydrogen-bond acceptors (Lipinski definition) is 3. The van der Waals surface area contributed by atoms with Crippen LogP contribution < -0.4 is 5.32 Å². The topological polar surface area (TPSA) is 73.0 Å². The van der Waals surface area contributed by atoms with E-state index in [0.29, 0.717) is 43.3 Å². The minimum atomic E-state index is 0.101. The van der Waals surface area contributed by atoms with E-state index in [2.05, 4.69) is 29.0 Å². The Morgan fingerprint density at radius 2 is 1.77 bits per heavy atom. The lowest BCUT2D eigenvalue weighted by Crippen LogP contribution is -2.62. The summed E-state index contributed by atoms with van der Waals surface area (Å²) in [6.07, 6.45) is 7.36. The Kier molecular flexibility index (Phi) is 6.54. The van der Waals surface area contributed by atoms with Gasteiger partial charge in [0.25, 0.3) is 0 Å². The van der Waals surface area contributed by atoms with E-state index in [4.69, 9.17) is 0 Å². The predicted molar refractivity (Wildman–Crippen MR) is 115 cm³/mol. The summed E-state index contributed by atoms with van der Waals surface area (Å²) < 4.78 is 0.